The molecule has 1 N–H and O–H groups in total. The Morgan fingerprint density at radius 1 is 1.36 bits per heavy atom. The number of nitrogens with zero attached hydrogens (tertiary/aromatic N) is 5. The molecule has 7 nitrogen and oxygen atoms in total. The van der Waals surface area contributed by atoms with Gasteiger partial charge in [0.1, 0.15) is 18.5 Å². The number of carbonyl (C=O) groups is 1. The van der Waals surface area contributed by atoms with E-state index in [4.69, 9.17) is 0 Å². The number of rotatable bonds is 5. The molecule has 3 aromatic rings. The molecule has 25 heavy (non-hydrogen) atoms. The Balaban J connectivity index is 1.48. The van der Waals surface area contributed by atoms with Crippen LogP contribution in [0.5, 0.6) is 0 Å². The molecule has 0 unspecified atom stereocenters. The number of nitrogens with one attached hydrogen (secondary N) is 1. The highest BCUT2D eigenvalue weighted by Gasteiger charge is 2.27. The third-order valence-electron chi connectivity index (χ3n) is 4.18. The lowest BCUT2D eigenvalue weighted by Crippen LogP contribution is -2.15. The van der Waals surface area contributed by atoms with Gasteiger partial charge in [0, 0.05) is 17.8 Å². The van der Waals surface area contributed by atoms with E-state index >= 15 is 0 Å². The Morgan fingerprint density at radius 3 is 2.96 bits per heavy atom. The second-order valence-corrected chi connectivity index (χ2v) is 6.25. The molecule has 7 heteroatoms. The van der Waals surface area contributed by atoms with Crippen molar-refractivity contribution in [3.8, 4) is 0 Å². The molecule has 0 bridgehead atoms. The van der Waals surface area contributed by atoms with Gasteiger partial charge in [-0.05, 0) is 37.5 Å². The fourth-order valence-corrected chi connectivity index (χ4v) is 2.69. The van der Waals surface area contributed by atoms with E-state index < -0.39 is 0 Å². The van der Waals surface area contributed by atoms with Crippen molar-refractivity contribution in [2.45, 2.75) is 32.2 Å². The average Bonchev–Trinajstić information content (AvgIpc) is 3.33. The summed E-state index contributed by atoms with van der Waals surface area (Å²) in [6.45, 7) is 2.45. The van der Waals surface area contributed by atoms with Crippen LogP contribution in [0, 0.1) is 6.92 Å². The van der Waals surface area contributed by atoms with Crippen LogP contribution in [0.25, 0.3) is 0 Å². The van der Waals surface area contributed by atoms with Gasteiger partial charge in [0.15, 0.2) is 0 Å². The summed E-state index contributed by atoms with van der Waals surface area (Å²) in [5.41, 5.74) is 2.98. The second kappa shape index (κ2) is 6.43. The zero-order valence-electron chi connectivity index (χ0n) is 13.9. The molecule has 0 aliphatic heterocycles. The standard InChI is InChI=1S/C18H18N6O/c1-12-16(8-20-17(22-12)14-5-6-14)18(25)23-15-4-2-3-13(7-15)9-24-11-19-10-21-24/h2-4,7-8,10-11,14H,5-6,9H2,1H3,(H,23,25). The van der Waals surface area contributed by atoms with Crippen LogP contribution in [0.15, 0.2) is 43.1 Å². The largest absolute Gasteiger partial charge is 0.322 e. The third kappa shape index (κ3) is 3.55. The Labute approximate surface area is 145 Å². The van der Waals surface area contributed by atoms with Crippen molar-refractivity contribution in [2.24, 2.45) is 0 Å². The minimum absolute atomic E-state index is 0.197. The summed E-state index contributed by atoms with van der Waals surface area (Å²) in [6.07, 6.45) is 7.07. The van der Waals surface area contributed by atoms with Gasteiger partial charge in [-0.25, -0.2) is 19.6 Å². The van der Waals surface area contributed by atoms with E-state index in [0.29, 0.717) is 23.7 Å². The van der Waals surface area contributed by atoms with Crippen molar-refractivity contribution in [1.82, 2.24) is 24.7 Å². The number of hydrogen-bond donors (Lipinski definition) is 1. The molecule has 1 aliphatic rings. The molecule has 0 radical (unpaired) electrons. The average molecular weight is 334 g/mol. The molecule has 0 spiro atoms. The van der Waals surface area contributed by atoms with Gasteiger partial charge in [-0.2, -0.15) is 5.10 Å². The van der Waals surface area contributed by atoms with Gasteiger partial charge in [-0.3, -0.25) is 4.79 Å². The van der Waals surface area contributed by atoms with Crippen LogP contribution in [0.1, 0.15) is 46.2 Å². The molecule has 0 atom stereocenters. The summed E-state index contributed by atoms with van der Waals surface area (Å²) in [6, 6.07) is 7.67. The molecule has 2 heterocycles. The van der Waals surface area contributed by atoms with Crippen molar-refractivity contribution in [2.75, 3.05) is 5.32 Å². The summed E-state index contributed by atoms with van der Waals surface area (Å²) in [5.74, 6) is 1.13. The third-order valence-corrected chi connectivity index (χ3v) is 4.18. The van der Waals surface area contributed by atoms with Crippen LogP contribution in [0.4, 0.5) is 5.69 Å². The van der Waals surface area contributed by atoms with E-state index in [-0.39, 0.29) is 5.91 Å². The van der Waals surface area contributed by atoms with E-state index in [0.717, 1.165) is 29.9 Å². The maximum atomic E-state index is 12.5. The number of aromatic nitrogens is 5. The fraction of sp³-hybridized carbons (Fsp3) is 0.278. The Morgan fingerprint density at radius 2 is 2.24 bits per heavy atom. The summed E-state index contributed by atoms with van der Waals surface area (Å²) in [4.78, 5) is 25.3. The van der Waals surface area contributed by atoms with Crippen LogP contribution in [-0.4, -0.2) is 30.6 Å². The van der Waals surface area contributed by atoms with Crippen LogP contribution < -0.4 is 5.32 Å². The maximum absolute atomic E-state index is 12.5. The van der Waals surface area contributed by atoms with E-state index in [2.05, 4.69) is 25.4 Å². The minimum atomic E-state index is -0.197. The summed E-state index contributed by atoms with van der Waals surface area (Å²) in [7, 11) is 0. The lowest BCUT2D eigenvalue weighted by Gasteiger charge is -2.09. The quantitative estimate of drug-likeness (QED) is 0.775. The van der Waals surface area contributed by atoms with Crippen molar-refractivity contribution in [1.29, 1.82) is 0 Å². The molecule has 2 aromatic heterocycles. The van der Waals surface area contributed by atoms with Crippen molar-refractivity contribution in [3.05, 3.63) is 65.8 Å². The molecule has 1 amide bonds. The molecule has 126 valence electrons. The molecule has 0 saturated heterocycles. The lowest BCUT2D eigenvalue weighted by atomic mass is 10.1. The lowest BCUT2D eigenvalue weighted by molar-refractivity contribution is 0.102. The van der Waals surface area contributed by atoms with Crippen LogP contribution in [-0.2, 0) is 6.54 Å². The molecular weight excluding hydrogens is 316 g/mol. The van der Waals surface area contributed by atoms with Crippen molar-refractivity contribution >= 4 is 11.6 Å². The van der Waals surface area contributed by atoms with Gasteiger partial charge in [-0.15, -0.1) is 0 Å². The number of amides is 1. The highest BCUT2D eigenvalue weighted by atomic mass is 16.1. The molecule has 1 aliphatic carbocycles. The summed E-state index contributed by atoms with van der Waals surface area (Å²) >= 11 is 0. The zero-order chi connectivity index (χ0) is 17.2. The topological polar surface area (TPSA) is 85.6 Å². The summed E-state index contributed by atoms with van der Waals surface area (Å²) < 4.78 is 1.73. The first-order valence-electron chi connectivity index (χ1n) is 8.25. The first kappa shape index (κ1) is 15.4. The predicted molar refractivity (Wildman–Crippen MR) is 92.3 cm³/mol. The van der Waals surface area contributed by atoms with Gasteiger partial charge < -0.3 is 5.32 Å². The van der Waals surface area contributed by atoms with Crippen molar-refractivity contribution in [3.63, 3.8) is 0 Å². The smallest absolute Gasteiger partial charge is 0.259 e. The molecule has 4 rings (SSSR count). The number of hydrogen-bond acceptors (Lipinski definition) is 5. The zero-order valence-corrected chi connectivity index (χ0v) is 13.9. The molecule has 1 aromatic carbocycles. The SMILES string of the molecule is Cc1nc(C2CC2)ncc1C(=O)Nc1cccc(Cn2cncn2)c1. The van der Waals surface area contributed by atoms with Crippen LogP contribution in [0.3, 0.4) is 0 Å². The van der Waals surface area contributed by atoms with E-state index in [1.54, 1.807) is 17.2 Å². The molecule has 1 saturated carbocycles. The Hall–Kier alpha value is -3.09. The van der Waals surface area contributed by atoms with E-state index in [1.807, 2.05) is 31.2 Å². The van der Waals surface area contributed by atoms with Gasteiger partial charge >= 0.3 is 0 Å². The fourth-order valence-electron chi connectivity index (χ4n) is 2.69. The number of carbonyl (C=O) groups excluding carboxylic acids is 1. The van der Waals surface area contributed by atoms with Crippen LogP contribution in [0.2, 0.25) is 0 Å². The number of benzene rings is 1. The first-order chi connectivity index (χ1) is 12.2. The Kier molecular flexibility index (Phi) is 3.97. The maximum Gasteiger partial charge on any atom is 0.259 e. The van der Waals surface area contributed by atoms with Crippen molar-refractivity contribution < 1.29 is 4.79 Å². The monoisotopic (exact) mass is 334 g/mol. The minimum Gasteiger partial charge on any atom is -0.322 e. The second-order valence-electron chi connectivity index (χ2n) is 6.25. The first-order valence-corrected chi connectivity index (χ1v) is 8.25. The summed E-state index contributed by atoms with van der Waals surface area (Å²) in [5, 5.41) is 7.01. The van der Waals surface area contributed by atoms with Gasteiger partial charge in [0.2, 0.25) is 0 Å². The van der Waals surface area contributed by atoms with E-state index in [1.165, 1.54) is 6.33 Å². The van der Waals surface area contributed by atoms with Gasteiger partial charge in [-0.1, -0.05) is 12.1 Å². The number of anilines is 1. The molecule has 1 fully saturated rings. The highest BCUT2D eigenvalue weighted by molar-refractivity contribution is 6.04. The normalized spacial score (nSPS) is 13.6. The van der Waals surface area contributed by atoms with Crippen LogP contribution >= 0.6 is 0 Å². The molecular formula is C18H18N6O. The predicted octanol–water partition coefficient (Wildman–Crippen LogP) is 2.55. The van der Waals surface area contributed by atoms with Gasteiger partial charge in [0.25, 0.3) is 5.91 Å². The Bertz CT molecular complexity index is 902. The number of aryl methyl sites for hydroxylation is 1. The van der Waals surface area contributed by atoms with E-state index in [9.17, 15) is 4.79 Å². The van der Waals surface area contributed by atoms with Gasteiger partial charge in [0.05, 0.1) is 17.8 Å². The highest BCUT2D eigenvalue weighted by Crippen LogP contribution is 2.37.